The van der Waals surface area contributed by atoms with Crippen LogP contribution in [0.5, 0.6) is 0 Å². The SMILES string of the molecule is O=C(N[C@H](Cc1c[nH]c2ccccc12)C(=O)NC1CC1)c1ccncc1. The van der Waals surface area contributed by atoms with Gasteiger partial charge in [0.2, 0.25) is 5.91 Å². The van der Waals surface area contributed by atoms with Crippen molar-refractivity contribution in [2.45, 2.75) is 31.3 Å². The molecule has 2 aromatic heterocycles. The Balaban J connectivity index is 1.56. The number of rotatable bonds is 6. The Morgan fingerprint density at radius 1 is 1.15 bits per heavy atom. The molecule has 3 aromatic rings. The third kappa shape index (κ3) is 3.59. The molecule has 1 aliphatic rings. The minimum absolute atomic E-state index is 0.139. The van der Waals surface area contributed by atoms with Crippen molar-refractivity contribution in [3.63, 3.8) is 0 Å². The highest BCUT2D eigenvalue weighted by Crippen LogP contribution is 2.21. The van der Waals surface area contributed by atoms with Gasteiger partial charge in [0.15, 0.2) is 0 Å². The first-order valence-corrected chi connectivity index (χ1v) is 8.77. The van der Waals surface area contributed by atoms with Gasteiger partial charge >= 0.3 is 0 Å². The molecular weight excluding hydrogens is 328 g/mol. The molecule has 1 aromatic carbocycles. The van der Waals surface area contributed by atoms with Crippen LogP contribution < -0.4 is 10.6 Å². The normalized spacial score (nSPS) is 14.8. The summed E-state index contributed by atoms with van der Waals surface area (Å²) in [5, 5.41) is 6.94. The van der Waals surface area contributed by atoms with E-state index in [1.807, 2.05) is 30.5 Å². The number of para-hydroxylation sites is 1. The Bertz CT molecular complexity index is 931. The summed E-state index contributed by atoms with van der Waals surface area (Å²) >= 11 is 0. The van der Waals surface area contributed by atoms with Gasteiger partial charge < -0.3 is 15.6 Å². The molecule has 0 aliphatic heterocycles. The Morgan fingerprint density at radius 2 is 1.92 bits per heavy atom. The number of pyridine rings is 1. The van der Waals surface area contributed by atoms with Crippen LogP contribution in [0.15, 0.2) is 55.0 Å². The third-order valence-electron chi connectivity index (χ3n) is 4.59. The second-order valence-corrected chi connectivity index (χ2v) is 6.61. The summed E-state index contributed by atoms with van der Waals surface area (Å²) in [6, 6.07) is 10.8. The van der Waals surface area contributed by atoms with Crippen molar-refractivity contribution < 1.29 is 9.59 Å². The molecule has 132 valence electrons. The molecule has 0 bridgehead atoms. The average Bonchev–Trinajstić information content (AvgIpc) is 3.40. The van der Waals surface area contributed by atoms with Crippen LogP contribution in [0.4, 0.5) is 0 Å². The zero-order valence-electron chi connectivity index (χ0n) is 14.2. The van der Waals surface area contributed by atoms with Crippen LogP contribution in [0.25, 0.3) is 10.9 Å². The smallest absolute Gasteiger partial charge is 0.252 e. The van der Waals surface area contributed by atoms with Gasteiger partial charge in [-0.2, -0.15) is 0 Å². The quantitative estimate of drug-likeness (QED) is 0.638. The van der Waals surface area contributed by atoms with Crippen molar-refractivity contribution in [3.05, 3.63) is 66.1 Å². The van der Waals surface area contributed by atoms with E-state index >= 15 is 0 Å². The largest absolute Gasteiger partial charge is 0.361 e. The van der Waals surface area contributed by atoms with Gasteiger partial charge in [-0.15, -0.1) is 0 Å². The van der Waals surface area contributed by atoms with Gasteiger partial charge in [-0.1, -0.05) is 18.2 Å². The molecular formula is C20H20N4O2. The molecule has 6 heteroatoms. The first-order valence-electron chi connectivity index (χ1n) is 8.77. The van der Waals surface area contributed by atoms with Crippen LogP contribution in [0, 0.1) is 0 Å². The average molecular weight is 348 g/mol. The number of nitrogens with one attached hydrogen (secondary N) is 3. The summed E-state index contributed by atoms with van der Waals surface area (Å²) in [6.45, 7) is 0. The van der Waals surface area contributed by atoms with E-state index in [2.05, 4.69) is 20.6 Å². The van der Waals surface area contributed by atoms with E-state index in [-0.39, 0.29) is 17.9 Å². The monoisotopic (exact) mass is 348 g/mol. The van der Waals surface area contributed by atoms with Crippen molar-refractivity contribution in [1.29, 1.82) is 0 Å². The van der Waals surface area contributed by atoms with Gasteiger partial charge in [0.1, 0.15) is 6.04 Å². The number of nitrogens with zero attached hydrogens (tertiary/aromatic N) is 1. The van der Waals surface area contributed by atoms with Gasteiger partial charge in [0.25, 0.3) is 5.91 Å². The predicted octanol–water partition coefficient (Wildman–Crippen LogP) is 2.18. The molecule has 0 spiro atoms. The topological polar surface area (TPSA) is 86.9 Å². The molecule has 0 unspecified atom stereocenters. The summed E-state index contributed by atoms with van der Waals surface area (Å²) in [6.07, 6.45) is 7.47. The lowest BCUT2D eigenvalue weighted by Crippen LogP contribution is -2.48. The highest BCUT2D eigenvalue weighted by Gasteiger charge is 2.29. The zero-order chi connectivity index (χ0) is 17.9. The van der Waals surface area contributed by atoms with Gasteiger partial charge in [-0.3, -0.25) is 14.6 Å². The third-order valence-corrected chi connectivity index (χ3v) is 4.59. The Morgan fingerprint density at radius 3 is 2.69 bits per heavy atom. The maximum absolute atomic E-state index is 12.7. The van der Waals surface area contributed by atoms with E-state index < -0.39 is 6.04 Å². The molecule has 3 N–H and O–H groups in total. The van der Waals surface area contributed by atoms with Gasteiger partial charge in [-0.05, 0) is 36.6 Å². The zero-order valence-corrected chi connectivity index (χ0v) is 14.2. The molecule has 0 radical (unpaired) electrons. The van der Waals surface area contributed by atoms with Crippen LogP contribution >= 0.6 is 0 Å². The first kappa shape index (κ1) is 16.3. The number of fused-ring (bicyclic) bond motifs is 1. The van der Waals surface area contributed by atoms with Gasteiger partial charge in [0.05, 0.1) is 0 Å². The highest BCUT2D eigenvalue weighted by atomic mass is 16.2. The van der Waals surface area contributed by atoms with E-state index in [1.54, 1.807) is 24.5 Å². The van der Waals surface area contributed by atoms with Crippen LogP contribution in [0.2, 0.25) is 0 Å². The van der Waals surface area contributed by atoms with Crippen molar-refractivity contribution >= 4 is 22.7 Å². The number of hydrogen-bond donors (Lipinski definition) is 3. The fourth-order valence-corrected chi connectivity index (χ4v) is 3.00. The number of carbonyl (C=O) groups is 2. The summed E-state index contributed by atoms with van der Waals surface area (Å²) < 4.78 is 0. The molecule has 0 saturated heterocycles. The molecule has 1 aliphatic carbocycles. The second-order valence-electron chi connectivity index (χ2n) is 6.61. The summed E-state index contributed by atoms with van der Waals surface area (Å²) in [5.41, 5.74) is 2.51. The van der Waals surface area contributed by atoms with E-state index in [0.717, 1.165) is 29.3 Å². The molecule has 4 rings (SSSR count). The molecule has 6 nitrogen and oxygen atoms in total. The number of aromatic nitrogens is 2. The van der Waals surface area contributed by atoms with E-state index in [1.165, 1.54) is 0 Å². The number of H-pyrrole nitrogens is 1. The van der Waals surface area contributed by atoms with Crippen LogP contribution in [-0.4, -0.2) is 33.9 Å². The van der Waals surface area contributed by atoms with E-state index in [9.17, 15) is 9.59 Å². The van der Waals surface area contributed by atoms with Crippen molar-refractivity contribution in [2.75, 3.05) is 0 Å². The minimum Gasteiger partial charge on any atom is -0.361 e. The summed E-state index contributed by atoms with van der Waals surface area (Å²) in [7, 11) is 0. The van der Waals surface area contributed by atoms with Crippen LogP contribution in [0.3, 0.4) is 0 Å². The summed E-state index contributed by atoms with van der Waals surface area (Å²) in [5.74, 6) is -0.414. The maximum atomic E-state index is 12.7. The predicted molar refractivity (Wildman–Crippen MR) is 98.7 cm³/mol. The Labute approximate surface area is 151 Å². The fraction of sp³-hybridized carbons (Fsp3) is 0.250. The second kappa shape index (κ2) is 7.00. The molecule has 1 atom stereocenters. The molecule has 2 heterocycles. The van der Waals surface area contributed by atoms with Gasteiger partial charge in [-0.25, -0.2) is 0 Å². The highest BCUT2D eigenvalue weighted by molar-refractivity contribution is 5.97. The Kier molecular flexibility index (Phi) is 4.39. The van der Waals surface area contributed by atoms with Crippen molar-refractivity contribution in [2.24, 2.45) is 0 Å². The van der Waals surface area contributed by atoms with Crippen LogP contribution in [-0.2, 0) is 11.2 Å². The van der Waals surface area contributed by atoms with E-state index in [0.29, 0.717) is 12.0 Å². The van der Waals surface area contributed by atoms with Crippen molar-refractivity contribution in [1.82, 2.24) is 20.6 Å². The number of benzene rings is 1. The number of amides is 2. The van der Waals surface area contributed by atoms with Crippen LogP contribution in [0.1, 0.15) is 28.8 Å². The minimum atomic E-state index is -0.629. The lowest BCUT2D eigenvalue weighted by atomic mass is 10.0. The lowest BCUT2D eigenvalue weighted by Gasteiger charge is -2.18. The van der Waals surface area contributed by atoms with Crippen molar-refractivity contribution in [3.8, 4) is 0 Å². The Hall–Kier alpha value is -3.15. The maximum Gasteiger partial charge on any atom is 0.252 e. The number of hydrogen-bond acceptors (Lipinski definition) is 3. The van der Waals surface area contributed by atoms with Gasteiger partial charge in [0, 0.05) is 47.5 Å². The summed E-state index contributed by atoms with van der Waals surface area (Å²) in [4.78, 5) is 32.3. The number of carbonyl (C=O) groups excluding carboxylic acids is 2. The van der Waals surface area contributed by atoms with E-state index in [4.69, 9.17) is 0 Å². The lowest BCUT2D eigenvalue weighted by molar-refractivity contribution is -0.123. The fourth-order valence-electron chi connectivity index (χ4n) is 3.00. The molecule has 1 saturated carbocycles. The molecule has 26 heavy (non-hydrogen) atoms. The first-order chi connectivity index (χ1) is 12.7. The standard InChI is InChI=1S/C20H20N4O2/c25-19(13-7-9-21-10-8-13)24-18(20(26)23-15-5-6-15)11-14-12-22-17-4-2-1-3-16(14)17/h1-4,7-10,12,15,18,22H,5-6,11H2,(H,23,26)(H,24,25)/t18-/m1/s1. The number of aromatic amines is 1. The molecule has 2 amide bonds. The molecule has 1 fully saturated rings.